The number of methoxy groups -OCH3 is 1. The number of aliphatic hydroxyl groups is 2. The number of hydrogen-bond acceptors (Lipinski definition) is 11. The van der Waals surface area contributed by atoms with Crippen molar-refractivity contribution in [3.8, 4) is 5.75 Å². The molecular weight excluding hydrogens is 650 g/mol. The summed E-state index contributed by atoms with van der Waals surface area (Å²) in [6.07, 6.45) is 0.447. The van der Waals surface area contributed by atoms with E-state index >= 15 is 0 Å². The van der Waals surface area contributed by atoms with E-state index in [1.165, 1.54) is 12.0 Å². The largest absolute Gasteiger partial charge is 0.496 e. The van der Waals surface area contributed by atoms with E-state index in [2.05, 4.69) is 17.6 Å². The lowest BCUT2D eigenvalue weighted by Crippen LogP contribution is -2.66. The van der Waals surface area contributed by atoms with Crippen molar-refractivity contribution in [2.24, 2.45) is 23.7 Å². The van der Waals surface area contributed by atoms with Crippen molar-refractivity contribution < 1.29 is 38.9 Å². The maximum atomic E-state index is 14.1. The zero-order valence-corrected chi connectivity index (χ0v) is 29.7. The standard InChI is InChI=1S/C37H48ClN3O8/c1-20-16-27-25(21(2)18-39-19-24-10-7-8-13-30(24)46-6)15-14-22(3)37(27,45)33(32(20)47-23(4)42)48-34(43)29-17-36(44)26-11-9-12-28(38)31(26)41(5)49-35(36)40-29/h7-13,16,21-22,25,27,29,32-33,35,39-40,44-45H,14-15,17-19H2,1-6H3/t21?,22-,25+,27-,29+,32-,33+,35-,36-,37-/m1/s1. The van der Waals surface area contributed by atoms with Crippen molar-refractivity contribution in [1.29, 1.82) is 0 Å². The van der Waals surface area contributed by atoms with Crippen LogP contribution in [-0.4, -0.2) is 72.9 Å². The Kier molecular flexibility index (Phi) is 10.1. The molecule has 1 saturated carbocycles. The second kappa shape index (κ2) is 13.8. The van der Waals surface area contributed by atoms with Crippen LogP contribution in [0.5, 0.6) is 5.75 Å². The van der Waals surface area contributed by atoms with Gasteiger partial charge in [0.2, 0.25) is 0 Å². The molecule has 2 heterocycles. The maximum Gasteiger partial charge on any atom is 0.323 e. The number of nitrogens with zero attached hydrogens (tertiary/aromatic N) is 1. The van der Waals surface area contributed by atoms with Crippen LogP contribution >= 0.6 is 11.6 Å². The first kappa shape index (κ1) is 35.6. The van der Waals surface area contributed by atoms with Crippen molar-refractivity contribution in [3.63, 3.8) is 0 Å². The van der Waals surface area contributed by atoms with Gasteiger partial charge in [0.15, 0.2) is 18.4 Å². The van der Waals surface area contributed by atoms with Crippen molar-refractivity contribution in [2.45, 2.75) is 89.2 Å². The Labute approximate surface area is 292 Å². The van der Waals surface area contributed by atoms with E-state index in [9.17, 15) is 19.8 Å². The summed E-state index contributed by atoms with van der Waals surface area (Å²) in [4.78, 5) is 32.4. The van der Waals surface area contributed by atoms with Crippen LogP contribution in [0.25, 0.3) is 0 Å². The highest BCUT2D eigenvalue weighted by Crippen LogP contribution is 2.53. The van der Waals surface area contributed by atoms with Gasteiger partial charge in [0.25, 0.3) is 0 Å². The van der Waals surface area contributed by atoms with Gasteiger partial charge in [-0.2, -0.15) is 0 Å². The Balaban J connectivity index is 1.24. The van der Waals surface area contributed by atoms with Crippen LogP contribution in [0.15, 0.2) is 54.1 Å². The average molecular weight is 698 g/mol. The minimum atomic E-state index is -1.57. The summed E-state index contributed by atoms with van der Waals surface area (Å²) >= 11 is 6.46. The molecule has 0 bridgehead atoms. The lowest BCUT2D eigenvalue weighted by Gasteiger charge is -2.56. The first-order valence-electron chi connectivity index (χ1n) is 17.1. The fraction of sp³-hybridized carbons (Fsp3) is 0.568. The summed E-state index contributed by atoms with van der Waals surface area (Å²) < 4.78 is 17.6. The normalized spacial score (nSPS) is 34.2. The van der Waals surface area contributed by atoms with Gasteiger partial charge in [-0.25, -0.2) is 0 Å². The van der Waals surface area contributed by atoms with Gasteiger partial charge < -0.3 is 29.7 Å². The van der Waals surface area contributed by atoms with Crippen LogP contribution < -0.4 is 20.4 Å². The molecule has 2 aliphatic carbocycles. The van der Waals surface area contributed by atoms with Gasteiger partial charge in [0, 0.05) is 44.0 Å². The third-order valence-corrected chi connectivity index (χ3v) is 11.5. The Hall–Kier alpha value is -3.19. The minimum absolute atomic E-state index is 0.0492. The number of para-hydroxylation sites is 2. The fourth-order valence-electron chi connectivity index (χ4n) is 8.60. The molecule has 49 heavy (non-hydrogen) atoms. The maximum absolute atomic E-state index is 14.1. The third-order valence-electron chi connectivity index (χ3n) is 11.2. The van der Waals surface area contributed by atoms with E-state index in [1.807, 2.05) is 44.2 Å². The second-order valence-electron chi connectivity index (χ2n) is 14.2. The Bertz CT molecular complexity index is 1600. The molecule has 10 atom stereocenters. The number of halogens is 1. The third kappa shape index (κ3) is 6.34. The van der Waals surface area contributed by atoms with Gasteiger partial charge in [0.1, 0.15) is 23.0 Å². The first-order valence-corrected chi connectivity index (χ1v) is 17.5. The smallest absolute Gasteiger partial charge is 0.323 e. The molecule has 0 aromatic heterocycles. The molecule has 1 saturated heterocycles. The molecule has 2 aliphatic heterocycles. The van der Waals surface area contributed by atoms with Gasteiger partial charge in [-0.05, 0) is 61.8 Å². The van der Waals surface area contributed by atoms with Gasteiger partial charge in [-0.1, -0.05) is 61.9 Å². The van der Waals surface area contributed by atoms with Gasteiger partial charge in [-0.3, -0.25) is 24.8 Å². The number of hydroxylamine groups is 1. The zero-order chi connectivity index (χ0) is 35.2. The number of esters is 2. The number of rotatable bonds is 9. The Morgan fingerprint density at radius 1 is 1.16 bits per heavy atom. The fourth-order valence-corrected chi connectivity index (χ4v) is 8.89. The number of carbonyl (C=O) groups excluding carboxylic acids is 2. The van der Waals surface area contributed by atoms with Crippen LogP contribution in [0.2, 0.25) is 5.02 Å². The highest BCUT2D eigenvalue weighted by molar-refractivity contribution is 6.33. The van der Waals surface area contributed by atoms with E-state index in [1.54, 1.807) is 32.4 Å². The van der Waals surface area contributed by atoms with Gasteiger partial charge in [0.05, 0.1) is 17.8 Å². The molecule has 0 radical (unpaired) electrons. The molecule has 12 heteroatoms. The first-order chi connectivity index (χ1) is 23.3. The number of ether oxygens (including phenoxy) is 3. The lowest BCUT2D eigenvalue weighted by molar-refractivity contribution is -0.225. The summed E-state index contributed by atoms with van der Waals surface area (Å²) in [6.45, 7) is 8.62. The number of hydrogen-bond donors (Lipinski definition) is 4. The summed E-state index contributed by atoms with van der Waals surface area (Å²) in [6, 6.07) is 12.1. The highest BCUT2D eigenvalue weighted by atomic mass is 35.5. The molecule has 4 aliphatic rings. The van der Waals surface area contributed by atoms with E-state index in [4.69, 9.17) is 30.6 Å². The molecular formula is C37H48ClN3O8. The summed E-state index contributed by atoms with van der Waals surface area (Å²) in [5.41, 5.74) is -0.253. The number of benzene rings is 2. The van der Waals surface area contributed by atoms with Gasteiger partial charge >= 0.3 is 11.9 Å². The molecule has 6 rings (SSSR count). The Morgan fingerprint density at radius 2 is 1.92 bits per heavy atom. The predicted octanol–water partition coefficient (Wildman–Crippen LogP) is 4.23. The number of carbonyl (C=O) groups is 2. The monoisotopic (exact) mass is 697 g/mol. The Morgan fingerprint density at radius 3 is 2.65 bits per heavy atom. The van der Waals surface area contributed by atoms with Crippen LogP contribution in [0.3, 0.4) is 0 Å². The summed E-state index contributed by atoms with van der Waals surface area (Å²) in [5, 5.41) is 33.2. The quantitative estimate of drug-likeness (QED) is 0.221. The van der Waals surface area contributed by atoms with E-state index < -0.39 is 47.6 Å². The van der Waals surface area contributed by atoms with Crippen molar-refractivity contribution in [3.05, 3.63) is 70.3 Å². The molecule has 2 aromatic carbocycles. The molecule has 2 aromatic rings. The van der Waals surface area contributed by atoms with Crippen LogP contribution in [0.1, 0.15) is 58.1 Å². The van der Waals surface area contributed by atoms with Crippen LogP contribution in [0.4, 0.5) is 5.69 Å². The summed E-state index contributed by atoms with van der Waals surface area (Å²) in [5.74, 6) is -0.819. The molecule has 4 N–H and O–H groups in total. The molecule has 11 nitrogen and oxygen atoms in total. The van der Waals surface area contributed by atoms with Crippen molar-refractivity contribution in [1.82, 2.24) is 10.6 Å². The topological polar surface area (TPSA) is 139 Å². The molecule has 266 valence electrons. The van der Waals surface area contributed by atoms with Crippen molar-refractivity contribution in [2.75, 3.05) is 25.8 Å². The van der Waals surface area contributed by atoms with Gasteiger partial charge in [-0.15, -0.1) is 0 Å². The average Bonchev–Trinajstić information content (AvgIpc) is 3.41. The highest BCUT2D eigenvalue weighted by Gasteiger charge is 2.62. The molecule has 0 amide bonds. The van der Waals surface area contributed by atoms with E-state index in [-0.39, 0.29) is 30.1 Å². The number of nitrogens with one attached hydrogen (secondary N) is 2. The lowest BCUT2D eigenvalue weighted by atomic mass is 9.55. The van der Waals surface area contributed by atoms with Crippen LogP contribution in [0, 0.1) is 23.7 Å². The SMILES string of the molecule is COc1ccccc1CNCC(C)[C@@H]1CC[C@@H](C)[C@@]2(O)[C@@H]1C=C(C)[C@@H](OC(C)=O)[C@@H]2OC(=O)[C@@H]1C[C@@]2(O)c3cccc(Cl)c3N(C)O[C@H]2N1. The predicted molar refractivity (Wildman–Crippen MR) is 184 cm³/mol. The second-order valence-corrected chi connectivity index (χ2v) is 14.6. The van der Waals surface area contributed by atoms with Crippen molar-refractivity contribution >= 4 is 29.2 Å². The zero-order valence-electron chi connectivity index (χ0n) is 28.9. The van der Waals surface area contributed by atoms with E-state index in [0.29, 0.717) is 35.8 Å². The van der Waals surface area contributed by atoms with E-state index in [0.717, 1.165) is 23.3 Å². The molecule has 1 unspecified atom stereocenters. The minimum Gasteiger partial charge on any atom is -0.496 e. The van der Waals surface area contributed by atoms with Crippen LogP contribution in [-0.2, 0) is 36.0 Å². The molecule has 0 spiro atoms. The number of anilines is 1. The molecule has 2 fully saturated rings. The summed E-state index contributed by atoms with van der Waals surface area (Å²) in [7, 11) is 3.35. The number of fused-ring (bicyclic) bond motifs is 4.